The van der Waals surface area contributed by atoms with Crippen molar-refractivity contribution >= 4 is 29.3 Å². The monoisotopic (exact) mass is 296 g/mol. The minimum absolute atomic E-state index is 0.0855. The molecule has 0 radical (unpaired) electrons. The number of carbonyl (C=O) groups is 2. The summed E-state index contributed by atoms with van der Waals surface area (Å²) < 4.78 is 0. The summed E-state index contributed by atoms with van der Waals surface area (Å²) in [5.74, 6) is -1.06. The smallest absolute Gasteiger partial charge is 0.335 e. The molecule has 6 heteroatoms. The summed E-state index contributed by atoms with van der Waals surface area (Å²) in [6, 6.07) is 4.05. The van der Waals surface area contributed by atoms with Crippen molar-refractivity contribution in [1.29, 1.82) is 0 Å². The van der Waals surface area contributed by atoms with Crippen LogP contribution in [0.5, 0.6) is 0 Å². The van der Waals surface area contributed by atoms with Crippen LogP contribution in [0.15, 0.2) is 18.2 Å². The molecule has 0 unspecified atom stereocenters. The van der Waals surface area contributed by atoms with Crippen molar-refractivity contribution in [3.63, 3.8) is 0 Å². The van der Waals surface area contributed by atoms with Gasteiger partial charge in [-0.1, -0.05) is 30.9 Å². The van der Waals surface area contributed by atoms with Gasteiger partial charge in [0.1, 0.15) is 0 Å². The zero-order chi connectivity index (χ0) is 14.5. The molecule has 1 fully saturated rings. The fourth-order valence-electron chi connectivity index (χ4n) is 2.34. The number of anilines is 1. The Kier molecular flexibility index (Phi) is 4.84. The maximum absolute atomic E-state index is 11.9. The van der Waals surface area contributed by atoms with Gasteiger partial charge in [-0.2, -0.15) is 0 Å². The van der Waals surface area contributed by atoms with Crippen molar-refractivity contribution in [3.8, 4) is 0 Å². The first-order valence-corrected chi connectivity index (χ1v) is 7.04. The lowest BCUT2D eigenvalue weighted by atomic mass is 9.96. The Balaban J connectivity index is 1.99. The molecule has 0 aromatic heterocycles. The minimum Gasteiger partial charge on any atom is -0.478 e. The summed E-state index contributed by atoms with van der Waals surface area (Å²) in [6.07, 6.45) is 5.43. The van der Waals surface area contributed by atoms with Crippen LogP contribution in [0.3, 0.4) is 0 Å². The van der Waals surface area contributed by atoms with Crippen molar-refractivity contribution in [1.82, 2.24) is 5.32 Å². The van der Waals surface area contributed by atoms with Crippen LogP contribution in [0.25, 0.3) is 0 Å². The highest BCUT2D eigenvalue weighted by Gasteiger charge is 2.16. The number of halogens is 1. The molecule has 0 atom stereocenters. The van der Waals surface area contributed by atoms with Gasteiger partial charge >= 0.3 is 12.0 Å². The normalized spacial score (nSPS) is 15.7. The summed E-state index contributed by atoms with van der Waals surface area (Å²) in [7, 11) is 0. The fourth-order valence-corrected chi connectivity index (χ4v) is 2.51. The number of carboxylic acid groups (broad SMARTS) is 1. The Bertz CT molecular complexity index is 513. The largest absolute Gasteiger partial charge is 0.478 e. The summed E-state index contributed by atoms with van der Waals surface area (Å²) >= 11 is 5.95. The van der Waals surface area contributed by atoms with Crippen LogP contribution >= 0.6 is 11.6 Å². The molecule has 0 bridgehead atoms. The summed E-state index contributed by atoms with van der Waals surface area (Å²) in [5.41, 5.74) is 0.391. The minimum atomic E-state index is -1.06. The molecule has 0 aliphatic heterocycles. The summed E-state index contributed by atoms with van der Waals surface area (Å²) in [5, 5.41) is 14.7. The highest BCUT2D eigenvalue weighted by molar-refractivity contribution is 6.33. The van der Waals surface area contributed by atoms with Gasteiger partial charge in [-0.05, 0) is 31.0 Å². The quantitative estimate of drug-likeness (QED) is 0.799. The Morgan fingerprint density at radius 1 is 1.20 bits per heavy atom. The Hall–Kier alpha value is -1.75. The van der Waals surface area contributed by atoms with Gasteiger partial charge in [0, 0.05) is 6.04 Å². The zero-order valence-electron chi connectivity index (χ0n) is 11.0. The lowest BCUT2D eigenvalue weighted by molar-refractivity contribution is 0.0697. The van der Waals surface area contributed by atoms with Crippen LogP contribution in [-0.2, 0) is 0 Å². The van der Waals surface area contributed by atoms with E-state index in [1.807, 2.05) is 0 Å². The van der Waals surface area contributed by atoms with Crippen molar-refractivity contribution in [3.05, 3.63) is 28.8 Å². The highest BCUT2D eigenvalue weighted by Crippen LogP contribution is 2.23. The number of hydrogen-bond donors (Lipinski definition) is 3. The number of benzene rings is 1. The molecule has 1 saturated carbocycles. The second-order valence-electron chi connectivity index (χ2n) is 4.93. The van der Waals surface area contributed by atoms with E-state index in [-0.39, 0.29) is 17.6 Å². The Labute approximate surface area is 122 Å². The molecule has 1 aliphatic rings. The van der Waals surface area contributed by atoms with E-state index in [1.165, 1.54) is 24.6 Å². The number of rotatable bonds is 3. The number of amides is 2. The highest BCUT2D eigenvalue weighted by atomic mass is 35.5. The maximum Gasteiger partial charge on any atom is 0.335 e. The molecule has 1 aliphatic carbocycles. The van der Waals surface area contributed by atoms with Gasteiger partial charge < -0.3 is 15.7 Å². The lowest BCUT2D eigenvalue weighted by Gasteiger charge is -2.23. The summed E-state index contributed by atoms with van der Waals surface area (Å²) in [4.78, 5) is 22.8. The van der Waals surface area contributed by atoms with Crippen molar-refractivity contribution in [2.75, 3.05) is 5.32 Å². The van der Waals surface area contributed by atoms with Gasteiger partial charge in [0.15, 0.2) is 0 Å². The van der Waals surface area contributed by atoms with Crippen LogP contribution in [0.4, 0.5) is 10.5 Å². The fraction of sp³-hybridized carbons (Fsp3) is 0.429. The van der Waals surface area contributed by atoms with Crippen LogP contribution in [0.1, 0.15) is 42.5 Å². The summed E-state index contributed by atoms with van der Waals surface area (Å²) in [6.45, 7) is 0. The maximum atomic E-state index is 11.9. The van der Waals surface area contributed by atoms with E-state index in [0.717, 1.165) is 25.7 Å². The molecule has 2 amide bonds. The van der Waals surface area contributed by atoms with Gasteiger partial charge in [0.25, 0.3) is 0 Å². The predicted molar refractivity (Wildman–Crippen MR) is 77.4 cm³/mol. The molecule has 0 saturated heterocycles. The van der Waals surface area contributed by atoms with Crippen molar-refractivity contribution in [2.24, 2.45) is 0 Å². The second-order valence-corrected chi connectivity index (χ2v) is 5.34. The third kappa shape index (κ3) is 3.87. The number of nitrogens with one attached hydrogen (secondary N) is 2. The average Bonchev–Trinajstić information content (AvgIpc) is 2.42. The number of aromatic carboxylic acids is 1. The lowest BCUT2D eigenvalue weighted by Crippen LogP contribution is -2.39. The van der Waals surface area contributed by atoms with E-state index in [0.29, 0.717) is 10.7 Å². The Morgan fingerprint density at radius 3 is 2.55 bits per heavy atom. The number of hydrogen-bond acceptors (Lipinski definition) is 2. The molecule has 5 nitrogen and oxygen atoms in total. The van der Waals surface area contributed by atoms with Gasteiger partial charge in [0.2, 0.25) is 0 Å². The van der Waals surface area contributed by atoms with E-state index in [9.17, 15) is 9.59 Å². The Morgan fingerprint density at radius 2 is 1.90 bits per heavy atom. The molecule has 1 aromatic rings. The second kappa shape index (κ2) is 6.61. The molecule has 1 aromatic carbocycles. The van der Waals surface area contributed by atoms with E-state index in [1.54, 1.807) is 0 Å². The number of carbonyl (C=O) groups excluding carboxylic acids is 1. The SMILES string of the molecule is O=C(Nc1cc(C(=O)O)ccc1Cl)NC1CCCCC1. The van der Waals surface area contributed by atoms with E-state index in [2.05, 4.69) is 10.6 Å². The van der Waals surface area contributed by atoms with Gasteiger partial charge in [-0.3, -0.25) is 0 Å². The van der Waals surface area contributed by atoms with E-state index in [4.69, 9.17) is 16.7 Å². The van der Waals surface area contributed by atoms with Crippen LogP contribution in [-0.4, -0.2) is 23.1 Å². The first kappa shape index (κ1) is 14.7. The molecular formula is C14H17ClN2O3. The first-order chi connectivity index (χ1) is 9.56. The van der Waals surface area contributed by atoms with Crippen molar-refractivity contribution < 1.29 is 14.7 Å². The third-order valence-electron chi connectivity index (χ3n) is 3.40. The van der Waals surface area contributed by atoms with Gasteiger partial charge in [-0.25, -0.2) is 9.59 Å². The van der Waals surface area contributed by atoms with Crippen molar-refractivity contribution in [2.45, 2.75) is 38.1 Å². The van der Waals surface area contributed by atoms with Gasteiger partial charge in [-0.15, -0.1) is 0 Å². The number of urea groups is 1. The van der Waals surface area contributed by atoms with E-state index < -0.39 is 5.97 Å². The molecule has 0 spiro atoms. The molecular weight excluding hydrogens is 280 g/mol. The zero-order valence-corrected chi connectivity index (χ0v) is 11.7. The van der Waals surface area contributed by atoms with Gasteiger partial charge in [0.05, 0.1) is 16.3 Å². The average molecular weight is 297 g/mol. The molecule has 2 rings (SSSR count). The van der Waals surface area contributed by atoms with E-state index >= 15 is 0 Å². The topological polar surface area (TPSA) is 78.4 Å². The number of carboxylic acids is 1. The molecule has 0 heterocycles. The molecule has 20 heavy (non-hydrogen) atoms. The van der Waals surface area contributed by atoms with Crippen LogP contribution in [0, 0.1) is 0 Å². The first-order valence-electron chi connectivity index (χ1n) is 6.66. The molecule has 3 N–H and O–H groups in total. The third-order valence-corrected chi connectivity index (χ3v) is 3.73. The molecule has 108 valence electrons. The predicted octanol–water partition coefficient (Wildman–Crippen LogP) is 3.49. The van der Waals surface area contributed by atoms with Crippen LogP contribution in [0.2, 0.25) is 5.02 Å². The standard InChI is InChI=1S/C14H17ClN2O3/c15-11-7-6-9(13(18)19)8-12(11)17-14(20)16-10-4-2-1-3-5-10/h6-8,10H,1-5H2,(H,18,19)(H2,16,17,20). The van der Waals surface area contributed by atoms with Crippen LogP contribution < -0.4 is 10.6 Å².